The fraction of sp³-hybridized carbons (Fsp3) is 1.00. The lowest BCUT2D eigenvalue weighted by atomic mass is 10.1. The third kappa shape index (κ3) is 1.51. The zero-order valence-corrected chi connectivity index (χ0v) is 7.10. The molecule has 1 heterocycles. The van der Waals surface area contributed by atoms with Crippen LogP contribution in [0.1, 0.15) is 39.5 Å². The van der Waals surface area contributed by atoms with Crippen LogP contribution in [0.2, 0.25) is 0 Å². The number of hydrogen-bond acceptors (Lipinski definition) is 1. The second-order valence-corrected chi connectivity index (χ2v) is 2.89. The predicted octanol–water partition coefficient (Wildman–Crippen LogP) is 2.60. The fourth-order valence-corrected chi connectivity index (χ4v) is 1.92. The minimum absolute atomic E-state index is 0.676. The van der Waals surface area contributed by atoms with Gasteiger partial charge >= 0.3 is 0 Å². The summed E-state index contributed by atoms with van der Waals surface area (Å²) in [5.41, 5.74) is 0. The van der Waals surface area contributed by atoms with E-state index >= 15 is 0 Å². The van der Waals surface area contributed by atoms with Gasteiger partial charge in [-0.05, 0) is 25.2 Å². The molecule has 0 bridgehead atoms. The Hall–Kier alpha value is -0.0400. The van der Waals surface area contributed by atoms with E-state index in [1.54, 1.807) is 0 Å². The Morgan fingerprint density at radius 2 is 1.90 bits per heavy atom. The Kier molecular flexibility index (Phi) is 3.20. The average molecular weight is 142 g/mol. The van der Waals surface area contributed by atoms with E-state index in [9.17, 15) is 0 Å². The van der Waals surface area contributed by atoms with Gasteiger partial charge in [0.05, 0.1) is 6.10 Å². The van der Waals surface area contributed by atoms with Crippen LogP contribution in [0.15, 0.2) is 0 Å². The van der Waals surface area contributed by atoms with E-state index in [0.29, 0.717) is 6.10 Å². The number of rotatable bonds is 0. The van der Waals surface area contributed by atoms with E-state index < -0.39 is 0 Å². The van der Waals surface area contributed by atoms with Crippen molar-refractivity contribution >= 4 is 0 Å². The maximum Gasteiger partial charge on any atom is 0.0604 e. The van der Waals surface area contributed by atoms with Gasteiger partial charge in [0.15, 0.2) is 0 Å². The summed E-state index contributed by atoms with van der Waals surface area (Å²) in [4.78, 5) is 0. The van der Waals surface area contributed by atoms with Gasteiger partial charge in [-0.3, -0.25) is 0 Å². The molecule has 2 fully saturated rings. The zero-order chi connectivity index (χ0) is 7.40. The van der Waals surface area contributed by atoms with Crippen LogP contribution in [-0.2, 0) is 4.74 Å². The monoisotopic (exact) mass is 142 g/mol. The summed E-state index contributed by atoms with van der Waals surface area (Å²) in [6.07, 6.45) is 6.20. The van der Waals surface area contributed by atoms with Crippen molar-refractivity contribution in [2.75, 3.05) is 6.61 Å². The molecule has 1 aliphatic carbocycles. The molecule has 2 aliphatic rings. The van der Waals surface area contributed by atoms with Crippen molar-refractivity contribution in [2.45, 2.75) is 45.6 Å². The molecule has 0 spiro atoms. The van der Waals surface area contributed by atoms with E-state index in [-0.39, 0.29) is 0 Å². The number of fused-ring (bicyclic) bond motifs is 1. The molecule has 1 aliphatic heterocycles. The van der Waals surface area contributed by atoms with Crippen molar-refractivity contribution in [1.82, 2.24) is 0 Å². The Morgan fingerprint density at radius 1 is 1.10 bits per heavy atom. The van der Waals surface area contributed by atoms with Gasteiger partial charge in [0, 0.05) is 6.61 Å². The lowest BCUT2D eigenvalue weighted by Crippen LogP contribution is -2.06. The van der Waals surface area contributed by atoms with Gasteiger partial charge in [-0.2, -0.15) is 0 Å². The molecule has 10 heavy (non-hydrogen) atoms. The van der Waals surface area contributed by atoms with Gasteiger partial charge in [-0.1, -0.05) is 20.3 Å². The lowest BCUT2D eigenvalue weighted by molar-refractivity contribution is 0.103. The number of hydrogen-bond donors (Lipinski definition) is 0. The molecule has 1 heteroatoms. The van der Waals surface area contributed by atoms with Crippen molar-refractivity contribution < 1.29 is 4.74 Å². The third-order valence-corrected chi connectivity index (χ3v) is 2.41. The molecule has 0 aromatic heterocycles. The number of ether oxygens (including phenoxy) is 1. The first-order chi connectivity index (χ1) is 4.97. The molecule has 1 saturated heterocycles. The molecule has 0 amide bonds. The summed E-state index contributed by atoms with van der Waals surface area (Å²) in [5.74, 6) is 0.954. The molecule has 0 radical (unpaired) electrons. The van der Waals surface area contributed by atoms with Crippen LogP contribution in [0.3, 0.4) is 0 Å². The predicted molar refractivity (Wildman–Crippen MR) is 43.0 cm³/mol. The van der Waals surface area contributed by atoms with Crippen molar-refractivity contribution in [1.29, 1.82) is 0 Å². The van der Waals surface area contributed by atoms with E-state index in [1.165, 1.54) is 25.7 Å². The lowest BCUT2D eigenvalue weighted by Gasteiger charge is -2.04. The molecule has 2 atom stereocenters. The van der Waals surface area contributed by atoms with Crippen molar-refractivity contribution in [3.63, 3.8) is 0 Å². The van der Waals surface area contributed by atoms with Crippen LogP contribution in [0.5, 0.6) is 0 Å². The van der Waals surface area contributed by atoms with Crippen molar-refractivity contribution in [3.05, 3.63) is 0 Å². The van der Waals surface area contributed by atoms with Gasteiger partial charge in [-0.15, -0.1) is 0 Å². The maximum atomic E-state index is 5.48. The average Bonchev–Trinajstić information content (AvgIpc) is 2.49. The first-order valence-corrected chi connectivity index (χ1v) is 4.58. The third-order valence-electron chi connectivity index (χ3n) is 2.41. The highest BCUT2D eigenvalue weighted by atomic mass is 16.5. The quantitative estimate of drug-likeness (QED) is 0.505. The topological polar surface area (TPSA) is 9.23 Å². The Balaban J connectivity index is 0.000000231. The van der Waals surface area contributed by atoms with E-state index in [0.717, 1.165) is 12.5 Å². The molecule has 0 aromatic rings. The molecular formula is C9H18O. The second kappa shape index (κ2) is 3.97. The Morgan fingerprint density at radius 3 is 2.60 bits per heavy atom. The first-order valence-electron chi connectivity index (χ1n) is 4.58. The summed E-state index contributed by atoms with van der Waals surface area (Å²) in [5, 5.41) is 0. The van der Waals surface area contributed by atoms with Crippen molar-refractivity contribution in [2.24, 2.45) is 5.92 Å². The molecule has 0 aromatic carbocycles. The van der Waals surface area contributed by atoms with Gasteiger partial charge in [0.2, 0.25) is 0 Å². The molecule has 60 valence electrons. The molecule has 1 nitrogen and oxygen atoms in total. The molecule has 2 rings (SSSR count). The van der Waals surface area contributed by atoms with Gasteiger partial charge < -0.3 is 4.74 Å². The van der Waals surface area contributed by atoms with E-state index in [2.05, 4.69) is 0 Å². The van der Waals surface area contributed by atoms with Crippen LogP contribution >= 0.6 is 0 Å². The van der Waals surface area contributed by atoms with Crippen LogP contribution in [0.25, 0.3) is 0 Å². The summed E-state index contributed by atoms with van der Waals surface area (Å²) < 4.78 is 5.48. The summed E-state index contributed by atoms with van der Waals surface area (Å²) in [7, 11) is 0. The largest absolute Gasteiger partial charge is 0.378 e. The molecule has 2 unspecified atom stereocenters. The summed E-state index contributed by atoms with van der Waals surface area (Å²) in [6, 6.07) is 0. The van der Waals surface area contributed by atoms with Crippen LogP contribution in [0.4, 0.5) is 0 Å². The van der Waals surface area contributed by atoms with Crippen molar-refractivity contribution in [3.8, 4) is 0 Å². The van der Waals surface area contributed by atoms with E-state index in [4.69, 9.17) is 4.74 Å². The van der Waals surface area contributed by atoms with E-state index in [1.807, 2.05) is 13.8 Å². The van der Waals surface area contributed by atoms with Crippen LogP contribution in [0, 0.1) is 5.92 Å². The minimum Gasteiger partial charge on any atom is -0.378 e. The second-order valence-electron chi connectivity index (χ2n) is 2.89. The highest BCUT2D eigenvalue weighted by Crippen LogP contribution is 2.35. The highest BCUT2D eigenvalue weighted by Gasteiger charge is 2.31. The van der Waals surface area contributed by atoms with Crippen LogP contribution in [-0.4, -0.2) is 12.7 Å². The first kappa shape index (κ1) is 8.06. The van der Waals surface area contributed by atoms with Gasteiger partial charge in [0.25, 0.3) is 0 Å². The maximum absolute atomic E-state index is 5.48. The Labute approximate surface area is 63.8 Å². The summed E-state index contributed by atoms with van der Waals surface area (Å²) >= 11 is 0. The standard InChI is InChI=1S/C7H12O.C2H6/c1-2-6-4-5-8-7(6)3-1;1-2/h6-7H,1-5H2;1-2H3. The summed E-state index contributed by atoms with van der Waals surface area (Å²) in [6.45, 7) is 5.04. The SMILES string of the molecule is C1CC2CCOC2C1.CC. The van der Waals surface area contributed by atoms with Crippen LogP contribution < -0.4 is 0 Å². The zero-order valence-electron chi connectivity index (χ0n) is 7.10. The Bertz CT molecular complexity index is 70.7. The smallest absolute Gasteiger partial charge is 0.0604 e. The normalized spacial score (nSPS) is 36.6. The fourth-order valence-electron chi connectivity index (χ4n) is 1.92. The highest BCUT2D eigenvalue weighted by molar-refractivity contribution is 4.81. The molecule has 1 saturated carbocycles. The van der Waals surface area contributed by atoms with Gasteiger partial charge in [0.1, 0.15) is 0 Å². The minimum atomic E-state index is 0.676. The van der Waals surface area contributed by atoms with Gasteiger partial charge in [-0.25, -0.2) is 0 Å². The molecular weight excluding hydrogens is 124 g/mol. The molecule has 0 N–H and O–H groups in total.